The number of rotatable bonds is 3. The third-order valence-corrected chi connectivity index (χ3v) is 3.21. The molecule has 0 saturated heterocycles. The number of aromatic nitrogens is 1. The Bertz CT molecular complexity index is 455. The monoisotopic (exact) mass is 252 g/mol. The van der Waals surface area contributed by atoms with Crippen molar-refractivity contribution in [1.29, 1.82) is 0 Å². The standard InChI is InChI=1S/C12H16N2O4/c1-7-5-10(18-14-7)11(15)13-9-4-2-3-8(6-9)12(16)17/h5,8-9H,2-4,6H2,1H3,(H,13,15)(H,16,17). The minimum absolute atomic E-state index is 0.0993. The van der Waals surface area contributed by atoms with Crippen LogP contribution in [0, 0.1) is 12.8 Å². The highest BCUT2D eigenvalue weighted by Crippen LogP contribution is 2.24. The Balaban J connectivity index is 1.93. The highest BCUT2D eigenvalue weighted by Gasteiger charge is 2.28. The second-order valence-electron chi connectivity index (χ2n) is 4.70. The Morgan fingerprint density at radius 3 is 2.89 bits per heavy atom. The number of aryl methyl sites for hydroxylation is 1. The second kappa shape index (κ2) is 5.20. The third kappa shape index (κ3) is 2.88. The van der Waals surface area contributed by atoms with Crippen LogP contribution in [0.2, 0.25) is 0 Å². The minimum Gasteiger partial charge on any atom is -0.481 e. The van der Waals surface area contributed by atoms with Gasteiger partial charge in [0.25, 0.3) is 5.91 Å². The predicted molar refractivity (Wildman–Crippen MR) is 62.1 cm³/mol. The van der Waals surface area contributed by atoms with E-state index >= 15 is 0 Å². The minimum atomic E-state index is -0.788. The van der Waals surface area contributed by atoms with Gasteiger partial charge in [0.05, 0.1) is 11.6 Å². The molecule has 1 amide bonds. The van der Waals surface area contributed by atoms with Crippen molar-refractivity contribution < 1.29 is 19.2 Å². The summed E-state index contributed by atoms with van der Waals surface area (Å²) >= 11 is 0. The summed E-state index contributed by atoms with van der Waals surface area (Å²) in [4.78, 5) is 22.7. The molecule has 0 aromatic carbocycles. The van der Waals surface area contributed by atoms with Crippen molar-refractivity contribution in [2.45, 2.75) is 38.6 Å². The van der Waals surface area contributed by atoms with Crippen molar-refractivity contribution in [3.63, 3.8) is 0 Å². The smallest absolute Gasteiger partial charge is 0.306 e. The normalized spacial score (nSPS) is 23.6. The van der Waals surface area contributed by atoms with E-state index in [1.165, 1.54) is 0 Å². The Morgan fingerprint density at radius 2 is 2.28 bits per heavy atom. The van der Waals surface area contributed by atoms with Crippen LogP contribution in [-0.4, -0.2) is 28.2 Å². The first-order valence-corrected chi connectivity index (χ1v) is 6.03. The fourth-order valence-electron chi connectivity index (χ4n) is 2.27. The van der Waals surface area contributed by atoms with E-state index in [0.717, 1.165) is 12.8 Å². The number of hydrogen-bond acceptors (Lipinski definition) is 4. The Kier molecular flexibility index (Phi) is 3.64. The molecule has 6 nitrogen and oxygen atoms in total. The van der Waals surface area contributed by atoms with Gasteiger partial charge in [0.15, 0.2) is 0 Å². The SMILES string of the molecule is Cc1cc(C(=O)NC2CCCC(C(=O)O)C2)on1. The van der Waals surface area contributed by atoms with E-state index in [-0.39, 0.29) is 23.6 Å². The number of carbonyl (C=O) groups excluding carboxylic acids is 1. The van der Waals surface area contributed by atoms with E-state index in [9.17, 15) is 9.59 Å². The van der Waals surface area contributed by atoms with Crippen LogP contribution < -0.4 is 5.32 Å². The number of nitrogens with zero attached hydrogens (tertiary/aromatic N) is 1. The molecule has 2 N–H and O–H groups in total. The van der Waals surface area contributed by atoms with Gasteiger partial charge in [-0.3, -0.25) is 9.59 Å². The van der Waals surface area contributed by atoms with Gasteiger partial charge in [0.2, 0.25) is 5.76 Å². The fourth-order valence-corrected chi connectivity index (χ4v) is 2.27. The number of amides is 1. The average molecular weight is 252 g/mol. The zero-order chi connectivity index (χ0) is 13.1. The van der Waals surface area contributed by atoms with E-state index in [2.05, 4.69) is 10.5 Å². The third-order valence-electron chi connectivity index (χ3n) is 3.21. The van der Waals surface area contributed by atoms with Gasteiger partial charge in [0.1, 0.15) is 0 Å². The van der Waals surface area contributed by atoms with Crippen LogP contribution in [0.4, 0.5) is 0 Å². The van der Waals surface area contributed by atoms with Crippen molar-refractivity contribution in [2.24, 2.45) is 5.92 Å². The Morgan fingerprint density at radius 1 is 1.50 bits per heavy atom. The van der Waals surface area contributed by atoms with Crippen LogP contribution in [0.25, 0.3) is 0 Å². The van der Waals surface area contributed by atoms with Crippen molar-refractivity contribution in [1.82, 2.24) is 10.5 Å². The zero-order valence-corrected chi connectivity index (χ0v) is 10.2. The Labute approximate surface area is 104 Å². The van der Waals surface area contributed by atoms with E-state index in [1.807, 2.05) is 0 Å². The number of aliphatic carboxylic acids is 1. The zero-order valence-electron chi connectivity index (χ0n) is 10.2. The molecule has 2 atom stereocenters. The van der Waals surface area contributed by atoms with Gasteiger partial charge in [-0.2, -0.15) is 0 Å². The molecule has 1 heterocycles. The quantitative estimate of drug-likeness (QED) is 0.847. The molecule has 2 unspecified atom stereocenters. The number of hydrogen-bond donors (Lipinski definition) is 2. The summed E-state index contributed by atoms with van der Waals surface area (Å²) in [5.41, 5.74) is 0.646. The molecular weight excluding hydrogens is 236 g/mol. The highest BCUT2D eigenvalue weighted by atomic mass is 16.5. The van der Waals surface area contributed by atoms with Gasteiger partial charge in [-0.25, -0.2) is 0 Å². The van der Waals surface area contributed by atoms with Gasteiger partial charge in [-0.05, 0) is 26.2 Å². The molecule has 1 aromatic rings. The maximum Gasteiger partial charge on any atom is 0.306 e. The van der Waals surface area contributed by atoms with Gasteiger partial charge in [-0.15, -0.1) is 0 Å². The van der Waals surface area contributed by atoms with E-state index in [0.29, 0.717) is 18.5 Å². The second-order valence-corrected chi connectivity index (χ2v) is 4.70. The van der Waals surface area contributed by atoms with E-state index in [1.54, 1.807) is 13.0 Å². The van der Waals surface area contributed by atoms with Crippen molar-refractivity contribution in [3.05, 3.63) is 17.5 Å². The first kappa shape index (κ1) is 12.6. The van der Waals surface area contributed by atoms with Crippen LogP contribution in [0.3, 0.4) is 0 Å². The number of carbonyl (C=O) groups is 2. The van der Waals surface area contributed by atoms with Gasteiger partial charge in [0, 0.05) is 12.1 Å². The highest BCUT2D eigenvalue weighted by molar-refractivity contribution is 5.91. The van der Waals surface area contributed by atoms with Crippen molar-refractivity contribution >= 4 is 11.9 Å². The van der Waals surface area contributed by atoms with Crippen LogP contribution >= 0.6 is 0 Å². The maximum atomic E-state index is 11.8. The topological polar surface area (TPSA) is 92.4 Å². The van der Waals surface area contributed by atoms with E-state index in [4.69, 9.17) is 9.63 Å². The first-order valence-electron chi connectivity index (χ1n) is 6.03. The van der Waals surface area contributed by atoms with Crippen LogP contribution in [0.1, 0.15) is 41.9 Å². The number of nitrogens with one attached hydrogen (secondary N) is 1. The summed E-state index contributed by atoms with van der Waals surface area (Å²) in [6.07, 6.45) is 2.79. The van der Waals surface area contributed by atoms with Crippen molar-refractivity contribution in [3.8, 4) is 0 Å². The summed E-state index contributed by atoms with van der Waals surface area (Å²) < 4.78 is 4.86. The van der Waals surface area contributed by atoms with Gasteiger partial charge < -0.3 is 14.9 Å². The summed E-state index contributed by atoms with van der Waals surface area (Å²) in [5, 5.41) is 15.4. The molecule has 1 saturated carbocycles. The molecule has 1 fully saturated rings. The lowest BCUT2D eigenvalue weighted by atomic mass is 9.86. The molecular formula is C12H16N2O4. The molecule has 0 bridgehead atoms. The van der Waals surface area contributed by atoms with Gasteiger partial charge >= 0.3 is 5.97 Å². The van der Waals surface area contributed by atoms with Crippen LogP contribution in [0.5, 0.6) is 0 Å². The molecule has 18 heavy (non-hydrogen) atoms. The summed E-state index contributed by atoms with van der Waals surface area (Å²) in [5.74, 6) is -1.30. The molecule has 1 aliphatic rings. The molecule has 98 valence electrons. The molecule has 1 aliphatic carbocycles. The van der Waals surface area contributed by atoms with Crippen LogP contribution in [0.15, 0.2) is 10.6 Å². The average Bonchev–Trinajstić information content (AvgIpc) is 2.76. The summed E-state index contributed by atoms with van der Waals surface area (Å²) in [7, 11) is 0. The molecule has 0 aliphatic heterocycles. The lowest BCUT2D eigenvalue weighted by Gasteiger charge is -2.26. The van der Waals surface area contributed by atoms with Gasteiger partial charge in [-0.1, -0.05) is 11.6 Å². The lowest BCUT2D eigenvalue weighted by molar-refractivity contribution is -0.143. The molecule has 6 heteroatoms. The molecule has 0 spiro atoms. The lowest BCUT2D eigenvalue weighted by Crippen LogP contribution is -2.39. The van der Waals surface area contributed by atoms with Crippen LogP contribution in [-0.2, 0) is 4.79 Å². The summed E-state index contributed by atoms with van der Waals surface area (Å²) in [6.45, 7) is 1.74. The van der Waals surface area contributed by atoms with E-state index < -0.39 is 5.97 Å². The molecule has 2 rings (SSSR count). The summed E-state index contributed by atoms with van der Waals surface area (Å²) in [6, 6.07) is 1.46. The largest absolute Gasteiger partial charge is 0.481 e. The fraction of sp³-hybridized carbons (Fsp3) is 0.583. The maximum absolute atomic E-state index is 11.8. The number of carboxylic acid groups (broad SMARTS) is 1. The molecule has 0 radical (unpaired) electrons. The first-order chi connectivity index (χ1) is 8.56. The predicted octanol–water partition coefficient (Wildman–Crippen LogP) is 1.36. The Hall–Kier alpha value is -1.85. The number of carboxylic acids is 1. The molecule has 1 aromatic heterocycles. The van der Waals surface area contributed by atoms with Crippen molar-refractivity contribution in [2.75, 3.05) is 0 Å².